The maximum atomic E-state index is 14.1. The predicted octanol–water partition coefficient (Wildman–Crippen LogP) is 4.59. The van der Waals surface area contributed by atoms with Crippen molar-refractivity contribution in [1.82, 2.24) is 10.6 Å². The Morgan fingerprint density at radius 1 is 1.11 bits per heavy atom. The first-order chi connectivity index (χ1) is 17.6. The van der Waals surface area contributed by atoms with Gasteiger partial charge in [0, 0.05) is 28.7 Å². The Morgan fingerprint density at radius 2 is 1.81 bits per heavy atom. The third-order valence-corrected chi connectivity index (χ3v) is 8.64. The number of anilines is 1. The highest BCUT2D eigenvalue weighted by molar-refractivity contribution is 6.31. The highest BCUT2D eigenvalue weighted by atomic mass is 35.5. The van der Waals surface area contributed by atoms with Crippen LogP contribution < -0.4 is 16.0 Å². The molecule has 2 aromatic carbocycles. The summed E-state index contributed by atoms with van der Waals surface area (Å²) in [6, 6.07) is 15.0. The second-order valence-corrected chi connectivity index (χ2v) is 12.7. The normalized spacial score (nSPS) is 31.3. The summed E-state index contributed by atoms with van der Waals surface area (Å²) in [6.45, 7) is 6.51. The zero-order chi connectivity index (χ0) is 26.4. The maximum Gasteiger partial charge on any atom is 0.237 e. The van der Waals surface area contributed by atoms with E-state index in [0.717, 1.165) is 36.1 Å². The van der Waals surface area contributed by atoms with Crippen molar-refractivity contribution in [2.24, 2.45) is 11.3 Å². The van der Waals surface area contributed by atoms with Gasteiger partial charge in [0.05, 0.1) is 17.6 Å². The molecule has 2 fully saturated rings. The Kier molecular flexibility index (Phi) is 7.12. The number of aliphatic hydroxyl groups is 1. The summed E-state index contributed by atoms with van der Waals surface area (Å²) in [5.41, 5.74) is 1.77. The van der Waals surface area contributed by atoms with Gasteiger partial charge in [-0.3, -0.25) is 9.59 Å². The number of hydrogen-bond donors (Lipinski definition) is 4. The fraction of sp³-hybridized carbons (Fsp3) is 0.533. The second-order valence-electron chi connectivity index (χ2n) is 12.3. The van der Waals surface area contributed by atoms with E-state index in [1.807, 2.05) is 36.4 Å². The fourth-order valence-electron chi connectivity index (χ4n) is 6.78. The van der Waals surface area contributed by atoms with E-state index in [9.17, 15) is 14.7 Å². The summed E-state index contributed by atoms with van der Waals surface area (Å²) in [4.78, 5) is 28.0. The van der Waals surface area contributed by atoms with E-state index < -0.39 is 11.5 Å². The number of rotatable bonds is 5. The molecule has 198 valence electrons. The average molecular weight is 524 g/mol. The molecule has 1 saturated carbocycles. The quantitative estimate of drug-likeness (QED) is 0.461. The van der Waals surface area contributed by atoms with E-state index >= 15 is 0 Å². The molecule has 4 atom stereocenters. The summed E-state index contributed by atoms with van der Waals surface area (Å²) in [6.07, 6.45) is 3.96. The lowest BCUT2D eigenvalue weighted by Gasteiger charge is -2.37. The molecule has 2 aliphatic heterocycles. The first-order valence-electron chi connectivity index (χ1n) is 13.5. The van der Waals surface area contributed by atoms with Gasteiger partial charge in [0.25, 0.3) is 0 Å². The van der Waals surface area contributed by atoms with Gasteiger partial charge in [-0.25, -0.2) is 0 Å². The van der Waals surface area contributed by atoms with Crippen LogP contribution in [-0.2, 0) is 21.4 Å². The molecule has 3 aliphatic rings. The van der Waals surface area contributed by atoms with E-state index in [0.29, 0.717) is 24.3 Å². The number of nitrogens with one attached hydrogen (secondary N) is 3. The van der Waals surface area contributed by atoms with Gasteiger partial charge in [-0.2, -0.15) is 0 Å². The SMILES string of the molecule is CC(C)(C)CC1N[C@@H](C(=O)N[C@H]2CC[C@H](O)CC2)C(Cc2ccccc2)C12C(=O)Nc1cc(Cl)ccc12. The lowest BCUT2D eigenvalue weighted by molar-refractivity contribution is -0.126. The highest BCUT2D eigenvalue weighted by Crippen LogP contribution is 2.54. The molecule has 1 saturated heterocycles. The molecule has 1 spiro atoms. The smallest absolute Gasteiger partial charge is 0.237 e. The minimum atomic E-state index is -0.909. The molecule has 2 aromatic rings. The largest absolute Gasteiger partial charge is 0.393 e. The van der Waals surface area contributed by atoms with Crippen LogP contribution in [0.15, 0.2) is 48.5 Å². The monoisotopic (exact) mass is 523 g/mol. The van der Waals surface area contributed by atoms with E-state index in [1.54, 1.807) is 0 Å². The van der Waals surface area contributed by atoms with Crippen molar-refractivity contribution in [3.63, 3.8) is 0 Å². The lowest BCUT2D eigenvalue weighted by atomic mass is 9.63. The van der Waals surface area contributed by atoms with Gasteiger partial charge in [-0.15, -0.1) is 0 Å². The van der Waals surface area contributed by atoms with E-state index in [4.69, 9.17) is 11.6 Å². The molecule has 5 rings (SSSR count). The van der Waals surface area contributed by atoms with Crippen molar-refractivity contribution < 1.29 is 14.7 Å². The molecule has 2 amide bonds. The molecule has 2 heterocycles. The second kappa shape index (κ2) is 10.0. The number of halogens is 1. The van der Waals surface area contributed by atoms with Gasteiger partial charge < -0.3 is 21.1 Å². The molecule has 37 heavy (non-hydrogen) atoms. The van der Waals surface area contributed by atoms with Crippen LogP contribution in [0.25, 0.3) is 0 Å². The molecule has 6 nitrogen and oxygen atoms in total. The average Bonchev–Trinajstić information content (AvgIpc) is 3.30. The van der Waals surface area contributed by atoms with Crippen molar-refractivity contribution in [2.75, 3.05) is 5.32 Å². The van der Waals surface area contributed by atoms with Crippen LogP contribution in [0.2, 0.25) is 5.02 Å². The zero-order valence-corrected chi connectivity index (χ0v) is 22.6. The van der Waals surface area contributed by atoms with Crippen LogP contribution in [0.3, 0.4) is 0 Å². The summed E-state index contributed by atoms with van der Waals surface area (Å²) in [5.74, 6) is -0.421. The number of aliphatic hydroxyl groups excluding tert-OH is 1. The molecular weight excluding hydrogens is 486 g/mol. The van der Waals surface area contributed by atoms with Crippen LogP contribution in [0.1, 0.15) is 64.0 Å². The highest BCUT2D eigenvalue weighted by Gasteiger charge is 2.65. The van der Waals surface area contributed by atoms with Crippen molar-refractivity contribution >= 4 is 29.1 Å². The van der Waals surface area contributed by atoms with Gasteiger partial charge >= 0.3 is 0 Å². The van der Waals surface area contributed by atoms with Gasteiger partial charge in [0.15, 0.2) is 0 Å². The maximum absolute atomic E-state index is 14.1. The van der Waals surface area contributed by atoms with Crippen molar-refractivity contribution in [3.05, 3.63) is 64.7 Å². The third-order valence-electron chi connectivity index (χ3n) is 8.41. The number of carbonyl (C=O) groups is 2. The van der Waals surface area contributed by atoms with E-state index in [1.165, 1.54) is 0 Å². The molecule has 0 bridgehead atoms. The van der Waals surface area contributed by atoms with Crippen molar-refractivity contribution in [3.8, 4) is 0 Å². The minimum Gasteiger partial charge on any atom is -0.393 e. The Hall–Kier alpha value is -2.41. The van der Waals surface area contributed by atoms with Gasteiger partial charge in [-0.05, 0) is 67.2 Å². The molecule has 3 unspecified atom stereocenters. The zero-order valence-electron chi connectivity index (χ0n) is 21.9. The van der Waals surface area contributed by atoms with Crippen LogP contribution >= 0.6 is 11.6 Å². The number of benzene rings is 2. The topological polar surface area (TPSA) is 90.5 Å². The van der Waals surface area contributed by atoms with E-state index in [2.05, 4.69) is 48.9 Å². The number of hydrogen-bond acceptors (Lipinski definition) is 4. The van der Waals surface area contributed by atoms with E-state index in [-0.39, 0.29) is 41.3 Å². The van der Waals surface area contributed by atoms with Crippen LogP contribution in [-0.4, -0.2) is 41.2 Å². The Morgan fingerprint density at radius 3 is 2.49 bits per heavy atom. The standard InChI is InChI=1S/C30H38ClN3O3/c1-29(2,3)17-25-30(22-14-9-19(31)16-24(22)33-28(30)37)23(15-18-7-5-4-6-8-18)26(34-25)27(36)32-20-10-12-21(35)13-11-20/h4-9,14,16,20-21,23,25-26,34-35H,10-13,15,17H2,1-3H3,(H,32,36)(H,33,37)/t20-,21-,23?,25?,26-,30?/m1/s1. The molecule has 4 N–H and O–H groups in total. The van der Waals surface area contributed by atoms with Gasteiger partial charge in [0.2, 0.25) is 11.8 Å². The van der Waals surface area contributed by atoms with Crippen LogP contribution in [0.4, 0.5) is 5.69 Å². The summed E-state index contributed by atoms with van der Waals surface area (Å²) < 4.78 is 0. The van der Waals surface area contributed by atoms with Crippen LogP contribution in [0.5, 0.6) is 0 Å². The molecule has 1 aliphatic carbocycles. The molecule has 7 heteroatoms. The first-order valence-corrected chi connectivity index (χ1v) is 13.9. The van der Waals surface area contributed by atoms with Gasteiger partial charge in [0.1, 0.15) is 0 Å². The number of fused-ring (bicyclic) bond motifs is 2. The lowest BCUT2D eigenvalue weighted by Crippen LogP contribution is -2.51. The minimum absolute atomic E-state index is 0.0381. The number of carbonyl (C=O) groups excluding carboxylic acids is 2. The van der Waals surface area contributed by atoms with Gasteiger partial charge in [-0.1, -0.05) is 68.8 Å². The van der Waals surface area contributed by atoms with Crippen molar-refractivity contribution in [1.29, 1.82) is 0 Å². The third kappa shape index (κ3) is 5.04. The summed E-state index contributed by atoms with van der Waals surface area (Å²) in [7, 11) is 0. The van der Waals surface area contributed by atoms with Crippen LogP contribution in [0, 0.1) is 11.3 Å². The fourth-order valence-corrected chi connectivity index (χ4v) is 6.95. The predicted molar refractivity (Wildman–Crippen MR) is 147 cm³/mol. The molecular formula is C30H38ClN3O3. The molecule has 0 radical (unpaired) electrons. The van der Waals surface area contributed by atoms with Crippen molar-refractivity contribution in [2.45, 2.75) is 88.9 Å². The number of amides is 2. The Balaban J connectivity index is 1.58. The Bertz CT molecular complexity index is 1160. The first kappa shape index (κ1) is 26.2. The summed E-state index contributed by atoms with van der Waals surface area (Å²) >= 11 is 6.32. The molecule has 0 aromatic heterocycles. The summed E-state index contributed by atoms with van der Waals surface area (Å²) in [5, 5.41) is 20.6. The Labute approximate surface area is 224 Å².